The molecule has 1 N–H and O–H groups in total. The molecule has 0 saturated carbocycles. The quantitative estimate of drug-likeness (QED) is 0.509. The molecule has 7 heteroatoms. The van der Waals surface area contributed by atoms with Crippen LogP contribution in [0.15, 0.2) is 46.9 Å². The van der Waals surface area contributed by atoms with Crippen molar-refractivity contribution in [3.05, 3.63) is 69.2 Å². The SMILES string of the molecule is Cc1cc(C)c2c(c1)/C(=N/O)C(=O)N2Cc1csc(-c2ccc(Cl)cc2)n1. The Morgan fingerprint density at radius 3 is 2.67 bits per heavy atom. The van der Waals surface area contributed by atoms with E-state index in [-0.39, 0.29) is 11.6 Å². The van der Waals surface area contributed by atoms with Gasteiger partial charge >= 0.3 is 0 Å². The Kier molecular flexibility index (Phi) is 4.45. The summed E-state index contributed by atoms with van der Waals surface area (Å²) in [6.07, 6.45) is 0. The summed E-state index contributed by atoms with van der Waals surface area (Å²) in [5.41, 5.74) is 5.25. The van der Waals surface area contributed by atoms with Gasteiger partial charge in [0.25, 0.3) is 5.91 Å². The molecule has 27 heavy (non-hydrogen) atoms. The van der Waals surface area contributed by atoms with E-state index < -0.39 is 0 Å². The van der Waals surface area contributed by atoms with Crippen molar-refractivity contribution >= 4 is 40.2 Å². The summed E-state index contributed by atoms with van der Waals surface area (Å²) in [6.45, 7) is 4.22. The van der Waals surface area contributed by atoms with Gasteiger partial charge in [-0.2, -0.15) is 0 Å². The van der Waals surface area contributed by atoms with Gasteiger partial charge in [-0.1, -0.05) is 40.5 Å². The fraction of sp³-hybridized carbons (Fsp3) is 0.150. The number of oxime groups is 1. The van der Waals surface area contributed by atoms with Crippen LogP contribution in [0.3, 0.4) is 0 Å². The Morgan fingerprint density at radius 1 is 1.22 bits per heavy atom. The van der Waals surface area contributed by atoms with E-state index in [0.29, 0.717) is 17.1 Å². The number of thiazole rings is 1. The highest BCUT2D eigenvalue weighted by molar-refractivity contribution is 7.13. The van der Waals surface area contributed by atoms with Gasteiger partial charge in [-0.05, 0) is 37.6 Å². The molecule has 5 nitrogen and oxygen atoms in total. The monoisotopic (exact) mass is 397 g/mol. The summed E-state index contributed by atoms with van der Waals surface area (Å²) >= 11 is 7.46. The van der Waals surface area contributed by atoms with Gasteiger partial charge in [0.1, 0.15) is 5.01 Å². The van der Waals surface area contributed by atoms with Gasteiger partial charge < -0.3 is 5.21 Å². The lowest BCUT2D eigenvalue weighted by Gasteiger charge is -2.18. The normalized spacial score (nSPS) is 14.9. The van der Waals surface area contributed by atoms with Crippen molar-refractivity contribution in [2.75, 3.05) is 4.90 Å². The smallest absolute Gasteiger partial charge is 0.281 e. The van der Waals surface area contributed by atoms with Gasteiger partial charge in [0, 0.05) is 21.5 Å². The predicted octanol–water partition coefficient (Wildman–Crippen LogP) is 4.81. The molecular formula is C20H16ClN3O2S. The molecule has 0 saturated heterocycles. The van der Waals surface area contributed by atoms with E-state index in [0.717, 1.165) is 33.1 Å². The van der Waals surface area contributed by atoms with Crippen LogP contribution in [0.5, 0.6) is 0 Å². The van der Waals surface area contributed by atoms with Crippen LogP contribution in [0, 0.1) is 13.8 Å². The molecule has 136 valence electrons. The van der Waals surface area contributed by atoms with E-state index in [2.05, 4.69) is 10.1 Å². The lowest BCUT2D eigenvalue weighted by Crippen LogP contribution is -2.30. The Hall–Kier alpha value is -2.70. The molecule has 0 bridgehead atoms. The van der Waals surface area contributed by atoms with Crippen LogP contribution in [-0.2, 0) is 11.3 Å². The first-order valence-corrected chi connectivity index (χ1v) is 9.59. The van der Waals surface area contributed by atoms with Crippen molar-refractivity contribution in [1.82, 2.24) is 4.98 Å². The Bertz CT molecular complexity index is 1070. The zero-order chi connectivity index (χ0) is 19.1. The van der Waals surface area contributed by atoms with Gasteiger partial charge in [-0.25, -0.2) is 4.98 Å². The van der Waals surface area contributed by atoms with Crippen molar-refractivity contribution in [3.8, 4) is 10.6 Å². The number of benzene rings is 2. The molecule has 1 aliphatic heterocycles. The molecule has 0 spiro atoms. The molecular weight excluding hydrogens is 382 g/mol. The number of rotatable bonds is 3. The van der Waals surface area contributed by atoms with Crippen molar-refractivity contribution in [2.24, 2.45) is 5.16 Å². The molecule has 1 amide bonds. The molecule has 2 aromatic carbocycles. The van der Waals surface area contributed by atoms with E-state index in [4.69, 9.17) is 11.6 Å². The zero-order valence-electron chi connectivity index (χ0n) is 14.7. The number of nitrogens with zero attached hydrogens (tertiary/aromatic N) is 3. The highest BCUT2D eigenvalue weighted by Gasteiger charge is 2.36. The summed E-state index contributed by atoms with van der Waals surface area (Å²) in [4.78, 5) is 19.1. The maximum atomic E-state index is 12.8. The van der Waals surface area contributed by atoms with Crippen LogP contribution in [0.25, 0.3) is 10.6 Å². The average Bonchev–Trinajstić information content (AvgIpc) is 3.19. The second-order valence-electron chi connectivity index (χ2n) is 6.47. The number of aromatic nitrogens is 1. The minimum atomic E-state index is -0.317. The molecule has 3 aromatic rings. The first kappa shape index (κ1) is 17.7. The lowest BCUT2D eigenvalue weighted by atomic mass is 10.0. The Labute approximate surface area is 165 Å². The minimum Gasteiger partial charge on any atom is -0.410 e. The summed E-state index contributed by atoms with van der Waals surface area (Å²) < 4.78 is 0. The molecule has 1 aliphatic rings. The number of anilines is 1. The highest BCUT2D eigenvalue weighted by atomic mass is 35.5. The molecule has 2 heterocycles. The molecule has 0 atom stereocenters. The van der Waals surface area contributed by atoms with Crippen LogP contribution in [0.1, 0.15) is 22.4 Å². The molecule has 0 fully saturated rings. The van der Waals surface area contributed by atoms with Crippen LogP contribution >= 0.6 is 22.9 Å². The number of aryl methyl sites for hydroxylation is 2. The van der Waals surface area contributed by atoms with E-state index in [1.165, 1.54) is 11.3 Å². The van der Waals surface area contributed by atoms with Gasteiger partial charge in [-0.15, -0.1) is 11.3 Å². The van der Waals surface area contributed by atoms with Crippen LogP contribution in [0.4, 0.5) is 5.69 Å². The van der Waals surface area contributed by atoms with Crippen molar-refractivity contribution in [3.63, 3.8) is 0 Å². The van der Waals surface area contributed by atoms with Crippen molar-refractivity contribution in [2.45, 2.75) is 20.4 Å². The third-order valence-corrected chi connectivity index (χ3v) is 5.67. The number of carbonyl (C=O) groups is 1. The van der Waals surface area contributed by atoms with Crippen molar-refractivity contribution in [1.29, 1.82) is 0 Å². The number of halogens is 1. The van der Waals surface area contributed by atoms with Crippen LogP contribution in [0.2, 0.25) is 5.02 Å². The number of amides is 1. The van der Waals surface area contributed by atoms with E-state index >= 15 is 0 Å². The highest BCUT2D eigenvalue weighted by Crippen LogP contribution is 2.35. The van der Waals surface area contributed by atoms with Gasteiger partial charge in [-0.3, -0.25) is 9.69 Å². The summed E-state index contributed by atoms with van der Waals surface area (Å²) in [6, 6.07) is 11.4. The third kappa shape index (κ3) is 3.11. The van der Waals surface area contributed by atoms with Gasteiger partial charge in [0.15, 0.2) is 5.71 Å². The molecule has 0 aliphatic carbocycles. The third-order valence-electron chi connectivity index (χ3n) is 4.48. The molecule has 0 radical (unpaired) electrons. The van der Waals surface area contributed by atoms with Crippen LogP contribution < -0.4 is 4.90 Å². The predicted molar refractivity (Wildman–Crippen MR) is 108 cm³/mol. The summed E-state index contributed by atoms with van der Waals surface area (Å²) in [5, 5.41) is 16.1. The van der Waals surface area contributed by atoms with Crippen molar-refractivity contribution < 1.29 is 10.0 Å². The fourth-order valence-electron chi connectivity index (χ4n) is 3.36. The van der Waals surface area contributed by atoms with E-state index in [9.17, 15) is 10.0 Å². The fourth-order valence-corrected chi connectivity index (χ4v) is 4.30. The zero-order valence-corrected chi connectivity index (χ0v) is 16.3. The summed E-state index contributed by atoms with van der Waals surface area (Å²) in [7, 11) is 0. The maximum Gasteiger partial charge on any atom is 0.281 e. The molecule has 4 rings (SSSR count). The van der Waals surface area contributed by atoms with Crippen LogP contribution in [-0.4, -0.2) is 21.8 Å². The largest absolute Gasteiger partial charge is 0.410 e. The first-order chi connectivity index (χ1) is 13.0. The van der Waals surface area contributed by atoms with Gasteiger partial charge in [0.05, 0.1) is 17.9 Å². The molecule has 1 aromatic heterocycles. The molecule has 0 unspecified atom stereocenters. The number of hydrogen-bond donors (Lipinski definition) is 1. The summed E-state index contributed by atoms with van der Waals surface area (Å²) in [5.74, 6) is -0.317. The standard InChI is InChI=1S/C20H16ClN3O2S/c1-11-7-12(2)18-16(8-11)17(23-26)20(25)24(18)9-15-10-27-19(22-15)13-3-5-14(21)6-4-13/h3-8,10,26H,9H2,1-2H3/b23-17-. The van der Waals surface area contributed by atoms with E-state index in [1.807, 2.05) is 55.6 Å². The minimum absolute atomic E-state index is 0.0740. The Balaban J connectivity index is 1.68. The first-order valence-electron chi connectivity index (χ1n) is 8.34. The number of fused-ring (bicyclic) bond motifs is 1. The lowest BCUT2D eigenvalue weighted by molar-refractivity contribution is -0.112. The maximum absolute atomic E-state index is 12.8. The van der Waals surface area contributed by atoms with Gasteiger partial charge in [0.2, 0.25) is 0 Å². The van der Waals surface area contributed by atoms with E-state index in [1.54, 1.807) is 4.90 Å². The Morgan fingerprint density at radius 2 is 1.96 bits per heavy atom. The second-order valence-corrected chi connectivity index (χ2v) is 7.76. The topological polar surface area (TPSA) is 65.8 Å². The average molecular weight is 398 g/mol. The number of hydrogen-bond acceptors (Lipinski definition) is 5. The number of carbonyl (C=O) groups excluding carboxylic acids is 1. The second kappa shape index (κ2) is 6.79.